The zero-order chi connectivity index (χ0) is 23.7. The molecule has 1 unspecified atom stereocenters. The maximum absolute atomic E-state index is 6.08. The number of anilines is 2. The highest BCUT2D eigenvalue weighted by Crippen LogP contribution is 2.31. The summed E-state index contributed by atoms with van der Waals surface area (Å²) in [5, 5.41) is 7.91. The summed E-state index contributed by atoms with van der Waals surface area (Å²) in [6, 6.07) is 10.8. The normalized spacial score (nSPS) is 19.0. The predicted molar refractivity (Wildman–Crippen MR) is 141 cm³/mol. The van der Waals surface area contributed by atoms with Crippen molar-refractivity contribution >= 4 is 30.7 Å². The van der Waals surface area contributed by atoms with Crippen LogP contribution >= 0.6 is 0 Å². The first-order chi connectivity index (χ1) is 16.5. The largest absolute Gasteiger partial charge is 0.375 e. The van der Waals surface area contributed by atoms with Gasteiger partial charge in [0.15, 0.2) is 5.65 Å². The molecule has 0 saturated carbocycles. The number of fused-ring (bicyclic) bond motifs is 1. The van der Waals surface area contributed by atoms with Crippen LogP contribution in [0.3, 0.4) is 0 Å². The Morgan fingerprint density at radius 1 is 1.09 bits per heavy atom. The van der Waals surface area contributed by atoms with E-state index in [9.17, 15) is 0 Å². The number of nitrogens with one attached hydrogen (secondary N) is 1. The standard InChI is InChI=1S/C27H33BN6/c1-4-19(2)32-13-9-22(10-14-32)21-5-7-24(8-6-21)30-20(3)25-17-29-34-16-12-26(31-27(25)34)33-15-11-23(28)18-33/h5-8,12,16-17,22-23,30H,2-4,9-11,13-15,18H2,1H3. The fraction of sp³-hybridized carbons (Fsp3) is 0.407. The molecule has 1 aromatic carbocycles. The van der Waals surface area contributed by atoms with Crippen LogP contribution in [0.2, 0.25) is 5.82 Å². The van der Waals surface area contributed by atoms with Crippen LogP contribution in [0.5, 0.6) is 0 Å². The lowest BCUT2D eigenvalue weighted by Gasteiger charge is -2.34. The Morgan fingerprint density at radius 2 is 1.85 bits per heavy atom. The van der Waals surface area contributed by atoms with Crippen LogP contribution in [0.1, 0.15) is 49.7 Å². The Kier molecular flexibility index (Phi) is 6.35. The van der Waals surface area contributed by atoms with Gasteiger partial charge in [-0.25, -0.2) is 9.50 Å². The molecule has 2 radical (unpaired) electrons. The Morgan fingerprint density at radius 3 is 2.53 bits per heavy atom. The molecule has 0 aliphatic carbocycles. The highest BCUT2D eigenvalue weighted by molar-refractivity contribution is 6.12. The van der Waals surface area contributed by atoms with Gasteiger partial charge in [0.1, 0.15) is 5.82 Å². The molecule has 4 heterocycles. The molecule has 1 atom stereocenters. The van der Waals surface area contributed by atoms with Gasteiger partial charge in [-0.2, -0.15) is 5.10 Å². The molecular formula is C27H33BN6. The molecule has 1 N–H and O–H groups in total. The lowest BCUT2D eigenvalue weighted by Crippen LogP contribution is -2.31. The third-order valence-corrected chi connectivity index (χ3v) is 7.26. The van der Waals surface area contributed by atoms with Crippen molar-refractivity contribution in [3.05, 3.63) is 72.7 Å². The topological polar surface area (TPSA) is 48.7 Å². The van der Waals surface area contributed by atoms with Crippen molar-refractivity contribution in [3.8, 4) is 0 Å². The van der Waals surface area contributed by atoms with E-state index in [0.717, 1.165) is 67.4 Å². The molecule has 2 fully saturated rings. The van der Waals surface area contributed by atoms with Gasteiger partial charge < -0.3 is 15.1 Å². The molecule has 3 aromatic rings. The highest BCUT2D eigenvalue weighted by atomic mass is 15.3. The first-order valence-corrected chi connectivity index (χ1v) is 12.4. The van der Waals surface area contributed by atoms with Crippen LogP contribution in [0.15, 0.2) is 61.6 Å². The minimum absolute atomic E-state index is 0.213. The van der Waals surface area contributed by atoms with Crippen LogP contribution in [-0.4, -0.2) is 53.5 Å². The number of nitrogens with zero attached hydrogens (tertiary/aromatic N) is 5. The van der Waals surface area contributed by atoms with Crippen LogP contribution in [0.25, 0.3) is 11.3 Å². The molecule has 2 aliphatic heterocycles. The fourth-order valence-electron chi connectivity index (χ4n) is 5.08. The van der Waals surface area contributed by atoms with Gasteiger partial charge in [-0.15, -0.1) is 0 Å². The van der Waals surface area contributed by atoms with E-state index in [0.29, 0.717) is 5.92 Å². The van der Waals surface area contributed by atoms with Gasteiger partial charge in [-0.3, -0.25) is 0 Å². The number of allylic oxidation sites excluding steroid dienone is 1. The number of rotatable bonds is 7. The van der Waals surface area contributed by atoms with Gasteiger partial charge in [0.25, 0.3) is 0 Å². The van der Waals surface area contributed by atoms with Gasteiger partial charge in [0, 0.05) is 49.5 Å². The number of likely N-dealkylation sites (tertiary alicyclic amines) is 1. The summed E-state index contributed by atoms with van der Waals surface area (Å²) in [5.74, 6) is 1.76. The van der Waals surface area contributed by atoms with E-state index in [1.165, 1.54) is 24.1 Å². The third kappa shape index (κ3) is 4.56. The fourth-order valence-corrected chi connectivity index (χ4v) is 5.08. The van der Waals surface area contributed by atoms with E-state index >= 15 is 0 Å². The van der Waals surface area contributed by atoms with E-state index in [2.05, 4.69) is 64.6 Å². The molecule has 2 saturated heterocycles. The molecule has 174 valence electrons. The van der Waals surface area contributed by atoms with Gasteiger partial charge in [0.2, 0.25) is 0 Å². The molecule has 0 amide bonds. The van der Waals surface area contributed by atoms with Crippen molar-refractivity contribution in [2.24, 2.45) is 0 Å². The maximum Gasteiger partial charge on any atom is 0.166 e. The maximum atomic E-state index is 6.08. The van der Waals surface area contributed by atoms with E-state index in [1.807, 2.05) is 18.5 Å². The van der Waals surface area contributed by atoms with Gasteiger partial charge in [-0.1, -0.05) is 38.0 Å². The zero-order valence-electron chi connectivity index (χ0n) is 20.1. The number of piperidine rings is 1. The minimum Gasteiger partial charge on any atom is -0.375 e. The van der Waals surface area contributed by atoms with Crippen molar-refractivity contribution in [1.29, 1.82) is 0 Å². The average molecular weight is 452 g/mol. The lowest BCUT2D eigenvalue weighted by atomic mass is 9.87. The van der Waals surface area contributed by atoms with Crippen LogP contribution in [0.4, 0.5) is 11.5 Å². The summed E-state index contributed by atoms with van der Waals surface area (Å²) < 4.78 is 1.80. The molecule has 34 heavy (non-hydrogen) atoms. The van der Waals surface area contributed by atoms with E-state index < -0.39 is 0 Å². The van der Waals surface area contributed by atoms with Gasteiger partial charge in [-0.05, 0) is 55.4 Å². The van der Waals surface area contributed by atoms with Crippen LogP contribution in [0, 0.1) is 0 Å². The summed E-state index contributed by atoms with van der Waals surface area (Å²) >= 11 is 0. The predicted octanol–water partition coefficient (Wildman–Crippen LogP) is 5.08. The molecule has 7 heteroatoms. The van der Waals surface area contributed by atoms with Gasteiger partial charge in [0.05, 0.1) is 19.6 Å². The first-order valence-electron chi connectivity index (χ1n) is 12.4. The van der Waals surface area contributed by atoms with Crippen molar-refractivity contribution in [2.75, 3.05) is 36.4 Å². The lowest BCUT2D eigenvalue weighted by molar-refractivity contribution is 0.258. The zero-order valence-corrected chi connectivity index (χ0v) is 20.1. The monoisotopic (exact) mass is 452 g/mol. The summed E-state index contributed by atoms with van der Waals surface area (Å²) in [6.07, 6.45) is 8.16. The quantitative estimate of drug-likeness (QED) is 0.507. The molecule has 5 rings (SSSR count). The van der Waals surface area contributed by atoms with E-state index in [4.69, 9.17) is 12.8 Å². The summed E-state index contributed by atoms with van der Waals surface area (Å²) in [6.45, 7) is 14.6. The van der Waals surface area contributed by atoms with E-state index in [1.54, 1.807) is 4.52 Å². The molecular weight excluding hydrogens is 419 g/mol. The molecule has 2 aromatic heterocycles. The second-order valence-corrected chi connectivity index (χ2v) is 9.51. The van der Waals surface area contributed by atoms with Crippen molar-refractivity contribution in [1.82, 2.24) is 19.5 Å². The Balaban J connectivity index is 1.25. The van der Waals surface area contributed by atoms with Crippen molar-refractivity contribution in [3.63, 3.8) is 0 Å². The SMILES string of the molecule is [B]C1CCN(c2ccn3ncc(C(=C)Nc4ccc(C5CCN(C(=C)CC)CC5)cc4)c3n2)C1. The highest BCUT2D eigenvalue weighted by Gasteiger charge is 2.22. The Bertz CT molecular complexity index is 1180. The minimum atomic E-state index is 0.213. The summed E-state index contributed by atoms with van der Waals surface area (Å²) in [7, 11) is 6.08. The first kappa shape index (κ1) is 22.6. The Labute approximate surface area is 203 Å². The number of aromatic nitrogens is 3. The van der Waals surface area contributed by atoms with E-state index in [-0.39, 0.29) is 5.82 Å². The summed E-state index contributed by atoms with van der Waals surface area (Å²) in [5.41, 5.74) is 6.17. The Hall–Kier alpha value is -3.22. The molecule has 0 spiro atoms. The van der Waals surface area contributed by atoms with Crippen LogP contribution < -0.4 is 10.2 Å². The van der Waals surface area contributed by atoms with Gasteiger partial charge >= 0.3 is 0 Å². The number of hydrogen-bond acceptors (Lipinski definition) is 5. The number of hydrogen-bond donors (Lipinski definition) is 1. The second-order valence-electron chi connectivity index (χ2n) is 9.51. The third-order valence-electron chi connectivity index (χ3n) is 7.26. The van der Waals surface area contributed by atoms with Crippen molar-refractivity contribution < 1.29 is 0 Å². The smallest absolute Gasteiger partial charge is 0.166 e. The van der Waals surface area contributed by atoms with Crippen molar-refractivity contribution in [2.45, 2.75) is 44.3 Å². The second kappa shape index (κ2) is 9.57. The average Bonchev–Trinajstić information content (AvgIpc) is 3.50. The molecule has 2 aliphatic rings. The van der Waals surface area contributed by atoms with Crippen LogP contribution in [-0.2, 0) is 0 Å². The molecule has 0 bridgehead atoms. The number of benzene rings is 1. The summed E-state index contributed by atoms with van der Waals surface area (Å²) in [4.78, 5) is 9.54. The molecule has 6 nitrogen and oxygen atoms in total.